The van der Waals surface area contributed by atoms with Crippen molar-refractivity contribution in [1.29, 1.82) is 0 Å². The topological polar surface area (TPSA) is 26.3 Å². The molecule has 0 spiro atoms. The molecule has 0 aliphatic rings. The molecule has 0 aromatic heterocycles. The van der Waals surface area contributed by atoms with Crippen LogP contribution in [-0.4, -0.2) is 0 Å². The first-order valence-corrected chi connectivity index (χ1v) is 4.18. The van der Waals surface area contributed by atoms with E-state index in [2.05, 4.69) is 6.92 Å². The van der Waals surface area contributed by atoms with Crippen LogP contribution in [0.1, 0.15) is 12.5 Å². The molecule has 12 heavy (non-hydrogen) atoms. The fourth-order valence-corrected chi connectivity index (χ4v) is 1.04. The van der Waals surface area contributed by atoms with Gasteiger partial charge in [-0.3, -0.25) is 0 Å². The fourth-order valence-electron chi connectivity index (χ4n) is 0.829. The number of benzene rings is 1. The molecule has 0 N–H and O–H groups in total. The van der Waals surface area contributed by atoms with Crippen molar-refractivity contribution in [3.8, 4) is 5.75 Å². The Labute approximate surface area is 84.1 Å². The minimum Gasteiger partial charge on any atom is -0.408 e. The van der Waals surface area contributed by atoms with Gasteiger partial charge in [0.25, 0.3) is 0 Å². The van der Waals surface area contributed by atoms with Crippen LogP contribution in [0.3, 0.4) is 0 Å². The Hall–Kier alpha value is -0.361. The molecule has 0 bridgehead atoms. The maximum Gasteiger partial charge on any atom is 0.395 e. The van der Waals surface area contributed by atoms with Gasteiger partial charge in [0.1, 0.15) is 5.75 Å². The molecule has 1 aromatic rings. The van der Waals surface area contributed by atoms with Gasteiger partial charge >= 0.3 is 8.69 Å². The summed E-state index contributed by atoms with van der Waals surface area (Å²) in [6.45, 7) is 2.09. The van der Waals surface area contributed by atoms with Crippen molar-refractivity contribution < 1.29 is 26.2 Å². The third-order valence-corrected chi connectivity index (χ3v) is 1.76. The molecule has 0 atom stereocenters. The van der Waals surface area contributed by atoms with Crippen molar-refractivity contribution >= 4 is 8.69 Å². The summed E-state index contributed by atoms with van der Waals surface area (Å²) in [6, 6.07) is 7.54. The van der Waals surface area contributed by atoms with E-state index in [9.17, 15) is 4.57 Å². The molecule has 69 valence electrons. The largest absolute Gasteiger partial charge is 0.408 e. The zero-order valence-electron chi connectivity index (χ0n) is 6.58. The van der Waals surface area contributed by atoms with E-state index in [0.717, 1.165) is 6.42 Å². The van der Waals surface area contributed by atoms with Crippen LogP contribution in [0, 0.1) is 0 Å². The van der Waals surface area contributed by atoms with Crippen LogP contribution in [0.25, 0.3) is 0 Å². The predicted octanol–water partition coefficient (Wildman–Crippen LogP) is 2.83. The molecular formula is C8H9CuO2P. The molecule has 1 aromatic carbocycles. The minimum atomic E-state index is -0.300. The second-order valence-electron chi connectivity index (χ2n) is 2.16. The summed E-state index contributed by atoms with van der Waals surface area (Å²) < 4.78 is 14.7. The standard InChI is InChI=1S/C8H9O2P.Cu/c1-2-7-3-5-8(6-4-7)10-11-9;/h3-6H,2H2,1H3;. The molecule has 0 heterocycles. The Bertz CT molecular complexity index is 235. The SMILES string of the molecule is CCc1ccc(OP=O)cc1.[Cu]. The summed E-state index contributed by atoms with van der Waals surface area (Å²) in [4.78, 5) is 0. The summed E-state index contributed by atoms with van der Waals surface area (Å²) in [7, 11) is -0.300. The van der Waals surface area contributed by atoms with Crippen LogP contribution >= 0.6 is 8.69 Å². The average molecular weight is 232 g/mol. The molecule has 0 saturated heterocycles. The van der Waals surface area contributed by atoms with Gasteiger partial charge < -0.3 is 4.52 Å². The molecule has 0 unspecified atom stereocenters. The van der Waals surface area contributed by atoms with Crippen LogP contribution in [0.5, 0.6) is 5.75 Å². The van der Waals surface area contributed by atoms with Gasteiger partial charge in [-0.05, 0) is 24.1 Å². The first-order valence-electron chi connectivity index (χ1n) is 3.45. The molecule has 4 heteroatoms. The first-order chi connectivity index (χ1) is 5.36. The van der Waals surface area contributed by atoms with E-state index in [0.29, 0.717) is 5.75 Å². The second-order valence-corrected chi connectivity index (χ2v) is 2.49. The number of aryl methyl sites for hydroxylation is 1. The van der Waals surface area contributed by atoms with Gasteiger partial charge in [0.2, 0.25) is 0 Å². The van der Waals surface area contributed by atoms with Crippen LogP contribution in [0.4, 0.5) is 0 Å². The molecule has 0 amide bonds. The molecule has 2 nitrogen and oxygen atoms in total. The third kappa shape index (κ3) is 3.36. The van der Waals surface area contributed by atoms with E-state index >= 15 is 0 Å². The third-order valence-electron chi connectivity index (χ3n) is 1.47. The van der Waals surface area contributed by atoms with Gasteiger partial charge in [0.15, 0.2) is 0 Å². The number of rotatable bonds is 3. The van der Waals surface area contributed by atoms with E-state index in [1.807, 2.05) is 24.3 Å². The molecule has 0 fully saturated rings. The van der Waals surface area contributed by atoms with E-state index in [1.165, 1.54) is 5.56 Å². The second kappa shape index (κ2) is 6.19. The van der Waals surface area contributed by atoms with Gasteiger partial charge in [0, 0.05) is 17.1 Å². The number of hydrogen-bond donors (Lipinski definition) is 0. The zero-order valence-corrected chi connectivity index (χ0v) is 8.42. The van der Waals surface area contributed by atoms with Crippen LogP contribution in [-0.2, 0) is 28.1 Å². The summed E-state index contributed by atoms with van der Waals surface area (Å²) in [5.74, 6) is 0.638. The maximum atomic E-state index is 10.0. The Morgan fingerprint density at radius 2 is 1.92 bits per heavy atom. The summed E-state index contributed by atoms with van der Waals surface area (Å²) in [5.41, 5.74) is 1.25. The van der Waals surface area contributed by atoms with E-state index in [4.69, 9.17) is 4.52 Å². The van der Waals surface area contributed by atoms with Crippen molar-refractivity contribution in [3.05, 3.63) is 29.8 Å². The van der Waals surface area contributed by atoms with E-state index < -0.39 is 0 Å². The van der Waals surface area contributed by atoms with Crippen molar-refractivity contribution in [1.82, 2.24) is 0 Å². The Morgan fingerprint density at radius 3 is 2.33 bits per heavy atom. The smallest absolute Gasteiger partial charge is 0.395 e. The van der Waals surface area contributed by atoms with Crippen molar-refractivity contribution in [3.63, 3.8) is 0 Å². The Kier molecular flexibility index (Phi) is 6.00. The first kappa shape index (κ1) is 11.6. The van der Waals surface area contributed by atoms with Gasteiger partial charge in [-0.15, -0.1) is 0 Å². The molecule has 1 radical (unpaired) electrons. The van der Waals surface area contributed by atoms with E-state index in [-0.39, 0.29) is 25.8 Å². The van der Waals surface area contributed by atoms with Crippen LogP contribution in [0.2, 0.25) is 0 Å². The van der Waals surface area contributed by atoms with Crippen LogP contribution < -0.4 is 4.52 Å². The minimum absolute atomic E-state index is 0. The molecule has 0 saturated carbocycles. The van der Waals surface area contributed by atoms with E-state index in [1.54, 1.807) is 0 Å². The summed E-state index contributed by atoms with van der Waals surface area (Å²) in [5, 5.41) is 0. The predicted molar refractivity (Wildman–Crippen MR) is 44.1 cm³/mol. The zero-order chi connectivity index (χ0) is 8.10. The quantitative estimate of drug-likeness (QED) is 0.591. The van der Waals surface area contributed by atoms with Crippen molar-refractivity contribution in [2.24, 2.45) is 0 Å². The summed E-state index contributed by atoms with van der Waals surface area (Å²) >= 11 is 0. The molecule has 0 aliphatic heterocycles. The van der Waals surface area contributed by atoms with Gasteiger partial charge in [0.05, 0.1) is 0 Å². The average Bonchev–Trinajstić information content (AvgIpc) is 2.07. The molecule has 1 rings (SSSR count). The normalized spacial score (nSPS) is 9.08. The Morgan fingerprint density at radius 1 is 1.33 bits per heavy atom. The van der Waals surface area contributed by atoms with Gasteiger partial charge in [-0.2, -0.15) is 0 Å². The Balaban J connectivity index is 0.00000121. The fraction of sp³-hybridized carbons (Fsp3) is 0.250. The molecule has 0 aliphatic carbocycles. The van der Waals surface area contributed by atoms with Gasteiger partial charge in [-0.25, -0.2) is 4.57 Å². The number of hydrogen-bond acceptors (Lipinski definition) is 2. The monoisotopic (exact) mass is 231 g/mol. The maximum absolute atomic E-state index is 10.0. The van der Waals surface area contributed by atoms with Crippen molar-refractivity contribution in [2.45, 2.75) is 13.3 Å². The van der Waals surface area contributed by atoms with Crippen molar-refractivity contribution in [2.75, 3.05) is 0 Å². The van der Waals surface area contributed by atoms with Gasteiger partial charge in [-0.1, -0.05) is 19.1 Å². The molecular weight excluding hydrogens is 223 g/mol. The summed E-state index contributed by atoms with van der Waals surface area (Å²) in [6.07, 6.45) is 1.01. The van der Waals surface area contributed by atoms with Crippen LogP contribution in [0.15, 0.2) is 24.3 Å².